The molecule has 0 aliphatic rings. The van der Waals surface area contributed by atoms with Gasteiger partial charge in [0.1, 0.15) is 23.0 Å². The standard InChI is InChI=1S/C27H23F3N6O4S/c1-12-5-17(24-20(6-12)35-23(11-33-24)40-26(29)30)25-36-19-7-18(28)21(8-22(19)41-25)38-13(2)14(3)39-27(37)34-16-9-31-15(4)32-10-16/h5-11,13-14,26H,1-4H3,(H,34,37)/t13-,14+/m0/s1. The van der Waals surface area contributed by atoms with E-state index in [0.29, 0.717) is 43.3 Å². The van der Waals surface area contributed by atoms with Crippen LogP contribution in [-0.2, 0) is 4.74 Å². The molecule has 0 saturated heterocycles. The van der Waals surface area contributed by atoms with E-state index in [1.807, 2.05) is 13.0 Å². The Kier molecular flexibility index (Phi) is 7.83. The van der Waals surface area contributed by atoms with Crippen molar-refractivity contribution in [1.29, 1.82) is 0 Å². The van der Waals surface area contributed by atoms with Crippen molar-refractivity contribution in [3.05, 3.63) is 60.1 Å². The van der Waals surface area contributed by atoms with E-state index in [1.165, 1.54) is 35.9 Å². The van der Waals surface area contributed by atoms with Gasteiger partial charge in [0, 0.05) is 17.7 Å². The van der Waals surface area contributed by atoms with Gasteiger partial charge in [0.05, 0.1) is 45.5 Å². The second-order valence-corrected chi connectivity index (χ2v) is 10.1. The summed E-state index contributed by atoms with van der Waals surface area (Å²) >= 11 is 1.28. The minimum absolute atomic E-state index is 0.0364. The number of hydrogen-bond acceptors (Lipinski definition) is 10. The average molecular weight is 585 g/mol. The number of ether oxygens (including phenoxy) is 3. The molecule has 3 heterocycles. The number of halogens is 3. The molecule has 1 amide bonds. The molecule has 2 atom stereocenters. The third-order valence-electron chi connectivity index (χ3n) is 5.95. The quantitative estimate of drug-likeness (QED) is 0.219. The predicted octanol–water partition coefficient (Wildman–Crippen LogP) is 6.46. The van der Waals surface area contributed by atoms with Crippen LogP contribution in [0.1, 0.15) is 25.2 Å². The maximum atomic E-state index is 15.0. The molecule has 41 heavy (non-hydrogen) atoms. The Morgan fingerprint density at radius 3 is 2.41 bits per heavy atom. The van der Waals surface area contributed by atoms with Gasteiger partial charge in [0.25, 0.3) is 0 Å². The van der Waals surface area contributed by atoms with Crippen LogP contribution in [0.15, 0.2) is 42.9 Å². The molecule has 3 aromatic heterocycles. The van der Waals surface area contributed by atoms with Crippen molar-refractivity contribution in [1.82, 2.24) is 24.9 Å². The van der Waals surface area contributed by atoms with Crippen LogP contribution in [0, 0.1) is 19.7 Å². The molecule has 0 radical (unpaired) electrons. The summed E-state index contributed by atoms with van der Waals surface area (Å²) in [7, 11) is 0. The number of rotatable bonds is 8. The number of thiazole rings is 1. The number of anilines is 1. The van der Waals surface area contributed by atoms with Crippen molar-refractivity contribution in [2.45, 2.75) is 46.5 Å². The molecule has 212 valence electrons. The highest BCUT2D eigenvalue weighted by molar-refractivity contribution is 7.21. The summed E-state index contributed by atoms with van der Waals surface area (Å²) in [5.74, 6) is -0.419. The Morgan fingerprint density at radius 2 is 1.68 bits per heavy atom. The Balaban J connectivity index is 1.34. The molecule has 0 fully saturated rings. The molecular formula is C27H23F3N6O4S. The second kappa shape index (κ2) is 11.5. The van der Waals surface area contributed by atoms with E-state index in [4.69, 9.17) is 9.47 Å². The van der Waals surface area contributed by atoms with Gasteiger partial charge < -0.3 is 14.2 Å². The largest absolute Gasteiger partial charge is 0.484 e. The number of carbonyl (C=O) groups excluding carboxylic acids is 1. The Labute approximate surface area is 235 Å². The molecule has 14 heteroatoms. The van der Waals surface area contributed by atoms with Gasteiger partial charge in [-0.05, 0) is 45.4 Å². The number of hydrogen-bond donors (Lipinski definition) is 1. The van der Waals surface area contributed by atoms with Gasteiger partial charge >= 0.3 is 12.7 Å². The van der Waals surface area contributed by atoms with Gasteiger partial charge in [0.15, 0.2) is 11.6 Å². The summed E-state index contributed by atoms with van der Waals surface area (Å²) < 4.78 is 56.4. The van der Waals surface area contributed by atoms with Crippen molar-refractivity contribution in [3.63, 3.8) is 0 Å². The number of nitrogens with one attached hydrogen (secondary N) is 1. The summed E-state index contributed by atoms with van der Waals surface area (Å²) in [4.78, 5) is 33.2. The van der Waals surface area contributed by atoms with E-state index in [0.717, 1.165) is 11.8 Å². The fourth-order valence-corrected chi connectivity index (χ4v) is 4.85. The highest BCUT2D eigenvalue weighted by Crippen LogP contribution is 2.37. The highest BCUT2D eigenvalue weighted by Gasteiger charge is 2.22. The summed E-state index contributed by atoms with van der Waals surface area (Å²) in [6, 6.07) is 6.32. The molecule has 1 N–H and O–H groups in total. The first-order valence-electron chi connectivity index (χ1n) is 12.3. The van der Waals surface area contributed by atoms with Gasteiger partial charge in [-0.1, -0.05) is 0 Å². The van der Waals surface area contributed by atoms with Crippen LogP contribution in [0.5, 0.6) is 11.6 Å². The first kappa shape index (κ1) is 28.0. The van der Waals surface area contributed by atoms with E-state index in [1.54, 1.807) is 26.8 Å². The van der Waals surface area contributed by atoms with Gasteiger partial charge in [0.2, 0.25) is 5.88 Å². The zero-order valence-corrected chi connectivity index (χ0v) is 23.0. The lowest BCUT2D eigenvalue weighted by atomic mass is 10.1. The monoisotopic (exact) mass is 584 g/mol. The van der Waals surface area contributed by atoms with Crippen molar-refractivity contribution in [3.8, 4) is 22.2 Å². The SMILES string of the molecule is Cc1cc(-c2nc3cc(F)c(O[C@@H](C)[C@@H](C)OC(=O)Nc4cnc(C)nc4)cc3s2)c2ncc(OC(F)F)nc2c1. The molecule has 0 unspecified atom stereocenters. The van der Waals surface area contributed by atoms with E-state index in [-0.39, 0.29) is 11.6 Å². The Morgan fingerprint density at radius 1 is 0.927 bits per heavy atom. The predicted molar refractivity (Wildman–Crippen MR) is 146 cm³/mol. The first-order chi connectivity index (χ1) is 19.5. The van der Waals surface area contributed by atoms with E-state index in [2.05, 4.69) is 35.0 Å². The van der Waals surface area contributed by atoms with Crippen molar-refractivity contribution in [2.75, 3.05) is 5.32 Å². The molecule has 10 nitrogen and oxygen atoms in total. The van der Waals surface area contributed by atoms with Crippen LogP contribution in [0.3, 0.4) is 0 Å². The highest BCUT2D eigenvalue weighted by atomic mass is 32.1. The molecule has 0 aliphatic heterocycles. The van der Waals surface area contributed by atoms with Crippen LogP contribution in [-0.4, -0.2) is 49.8 Å². The summed E-state index contributed by atoms with van der Waals surface area (Å²) in [6.45, 7) is 3.79. The van der Waals surface area contributed by atoms with Crippen LogP contribution in [0.4, 0.5) is 23.7 Å². The summed E-state index contributed by atoms with van der Waals surface area (Å²) in [5, 5.41) is 3.06. The lowest BCUT2D eigenvalue weighted by molar-refractivity contribution is -0.0528. The summed E-state index contributed by atoms with van der Waals surface area (Å²) in [6.07, 6.45) is 1.86. The molecule has 5 rings (SSSR count). The van der Waals surface area contributed by atoms with Gasteiger partial charge in [-0.3, -0.25) is 5.32 Å². The number of alkyl halides is 2. The second-order valence-electron chi connectivity index (χ2n) is 9.11. The first-order valence-corrected chi connectivity index (χ1v) is 13.1. The molecule has 2 aromatic carbocycles. The number of aromatic nitrogens is 5. The van der Waals surface area contributed by atoms with Crippen LogP contribution in [0.25, 0.3) is 31.8 Å². The lowest BCUT2D eigenvalue weighted by Crippen LogP contribution is -2.32. The zero-order chi connectivity index (χ0) is 29.3. The van der Waals surface area contributed by atoms with Crippen molar-refractivity contribution >= 4 is 44.4 Å². The normalized spacial score (nSPS) is 12.9. The van der Waals surface area contributed by atoms with E-state index in [9.17, 15) is 13.6 Å². The molecule has 5 aromatic rings. The third-order valence-corrected chi connectivity index (χ3v) is 7.00. The van der Waals surface area contributed by atoms with Crippen molar-refractivity contribution in [2.24, 2.45) is 0 Å². The maximum absolute atomic E-state index is 15.0. The van der Waals surface area contributed by atoms with Crippen molar-refractivity contribution < 1.29 is 32.2 Å². The minimum atomic E-state index is -3.02. The topological polar surface area (TPSA) is 121 Å². The fraction of sp³-hybridized carbons (Fsp3) is 0.259. The Bertz CT molecular complexity index is 1730. The molecule has 0 bridgehead atoms. The van der Waals surface area contributed by atoms with Gasteiger partial charge in [-0.15, -0.1) is 11.3 Å². The van der Waals surface area contributed by atoms with Crippen LogP contribution < -0.4 is 14.8 Å². The smallest absolute Gasteiger partial charge is 0.412 e. The number of carbonyl (C=O) groups is 1. The molecular weight excluding hydrogens is 561 g/mol. The fourth-order valence-electron chi connectivity index (χ4n) is 3.86. The van der Waals surface area contributed by atoms with Gasteiger partial charge in [-0.25, -0.2) is 34.1 Å². The number of nitrogens with zero attached hydrogens (tertiary/aromatic N) is 5. The minimum Gasteiger partial charge on any atom is -0.484 e. The number of amides is 1. The van der Waals surface area contributed by atoms with E-state index < -0.39 is 30.7 Å². The number of fused-ring (bicyclic) bond motifs is 2. The molecule has 0 aliphatic carbocycles. The zero-order valence-electron chi connectivity index (χ0n) is 22.2. The van der Waals surface area contributed by atoms with Crippen LogP contribution in [0.2, 0.25) is 0 Å². The van der Waals surface area contributed by atoms with Gasteiger partial charge in [-0.2, -0.15) is 8.78 Å². The third kappa shape index (κ3) is 6.43. The van der Waals surface area contributed by atoms with Crippen LogP contribution >= 0.6 is 11.3 Å². The lowest BCUT2D eigenvalue weighted by Gasteiger charge is -2.22. The number of benzene rings is 2. The van der Waals surface area contributed by atoms with E-state index >= 15 is 4.39 Å². The Hall–Kier alpha value is -4.59. The molecule has 0 saturated carbocycles. The average Bonchev–Trinajstić information content (AvgIpc) is 3.31. The maximum Gasteiger partial charge on any atom is 0.412 e. The molecule has 0 spiro atoms. The number of aryl methyl sites for hydroxylation is 2. The summed E-state index contributed by atoms with van der Waals surface area (Å²) in [5.41, 5.74) is 2.96.